The fourth-order valence-corrected chi connectivity index (χ4v) is 2.80. The normalized spacial score (nSPS) is 11.2. The molecule has 22 heavy (non-hydrogen) atoms. The number of aromatic nitrogens is 2. The molecular formula is C17H13BrClN3. The third kappa shape index (κ3) is 3.13. The van der Waals surface area contributed by atoms with Crippen LogP contribution in [0.25, 0.3) is 5.69 Å². The van der Waals surface area contributed by atoms with Gasteiger partial charge in [-0.2, -0.15) is 5.10 Å². The molecule has 0 bridgehead atoms. The SMILES string of the molecule is Cc1nn(-c2ccccc2)c(Cl)c1C=Nc1cccc(Br)c1. The molecule has 0 aliphatic carbocycles. The monoisotopic (exact) mass is 373 g/mol. The van der Waals surface area contributed by atoms with Gasteiger partial charge in [-0.3, -0.25) is 4.99 Å². The van der Waals surface area contributed by atoms with Crippen molar-refractivity contribution in [2.45, 2.75) is 6.92 Å². The van der Waals surface area contributed by atoms with Crippen LogP contribution in [0.15, 0.2) is 64.1 Å². The first-order chi connectivity index (χ1) is 10.6. The molecule has 2 aromatic carbocycles. The molecule has 0 atom stereocenters. The molecule has 1 aromatic heterocycles. The summed E-state index contributed by atoms with van der Waals surface area (Å²) >= 11 is 9.90. The molecule has 1 heterocycles. The molecule has 5 heteroatoms. The zero-order valence-corrected chi connectivity index (χ0v) is 14.2. The van der Waals surface area contributed by atoms with Gasteiger partial charge in [0.2, 0.25) is 0 Å². The van der Waals surface area contributed by atoms with Gasteiger partial charge < -0.3 is 0 Å². The van der Waals surface area contributed by atoms with Crippen LogP contribution in [0.4, 0.5) is 5.69 Å². The Kier molecular flexibility index (Phi) is 4.41. The molecule has 0 radical (unpaired) electrons. The quantitative estimate of drug-likeness (QED) is 0.569. The van der Waals surface area contributed by atoms with Gasteiger partial charge in [-0.1, -0.05) is 51.8 Å². The van der Waals surface area contributed by atoms with Crippen molar-refractivity contribution < 1.29 is 0 Å². The Morgan fingerprint density at radius 2 is 1.91 bits per heavy atom. The Morgan fingerprint density at radius 3 is 2.64 bits per heavy atom. The highest BCUT2D eigenvalue weighted by Gasteiger charge is 2.12. The summed E-state index contributed by atoms with van der Waals surface area (Å²) < 4.78 is 2.71. The average molecular weight is 375 g/mol. The summed E-state index contributed by atoms with van der Waals surface area (Å²) in [5.41, 5.74) is 3.45. The first kappa shape index (κ1) is 15.0. The van der Waals surface area contributed by atoms with Gasteiger partial charge in [-0.05, 0) is 37.3 Å². The van der Waals surface area contributed by atoms with Crippen LogP contribution in [0, 0.1) is 6.92 Å². The summed E-state index contributed by atoms with van der Waals surface area (Å²) in [5, 5.41) is 5.05. The maximum Gasteiger partial charge on any atom is 0.141 e. The van der Waals surface area contributed by atoms with E-state index in [2.05, 4.69) is 26.0 Å². The minimum absolute atomic E-state index is 0.558. The standard InChI is InChI=1S/C17H13BrClN3/c1-12-16(11-20-14-7-5-6-13(18)10-14)17(19)22(21-12)15-8-3-2-4-9-15/h2-11H,1H3. The fourth-order valence-electron chi connectivity index (χ4n) is 2.09. The summed E-state index contributed by atoms with van der Waals surface area (Å²) in [6.45, 7) is 1.92. The highest BCUT2D eigenvalue weighted by atomic mass is 79.9. The molecule has 3 nitrogen and oxygen atoms in total. The van der Waals surface area contributed by atoms with Gasteiger partial charge in [0.1, 0.15) is 5.15 Å². The van der Waals surface area contributed by atoms with E-state index in [0.717, 1.165) is 27.1 Å². The maximum absolute atomic E-state index is 6.46. The van der Waals surface area contributed by atoms with Crippen LogP contribution in [0.1, 0.15) is 11.3 Å². The number of para-hydroxylation sites is 1. The molecule has 0 amide bonds. The minimum Gasteiger partial charge on any atom is -0.256 e. The Balaban J connectivity index is 1.97. The predicted molar refractivity (Wildman–Crippen MR) is 94.7 cm³/mol. The number of halogens is 2. The number of nitrogens with zero attached hydrogens (tertiary/aromatic N) is 3. The molecule has 110 valence electrons. The average Bonchev–Trinajstić information content (AvgIpc) is 2.81. The van der Waals surface area contributed by atoms with Gasteiger partial charge in [0.05, 0.1) is 22.6 Å². The van der Waals surface area contributed by atoms with Crippen molar-refractivity contribution in [3.05, 3.63) is 75.5 Å². The second-order valence-corrected chi connectivity index (χ2v) is 6.05. The van der Waals surface area contributed by atoms with Gasteiger partial charge in [-0.25, -0.2) is 4.68 Å². The van der Waals surface area contributed by atoms with Crippen molar-refractivity contribution in [3.8, 4) is 5.69 Å². The van der Waals surface area contributed by atoms with E-state index in [0.29, 0.717) is 5.15 Å². The molecule has 3 rings (SSSR count). The van der Waals surface area contributed by atoms with Crippen molar-refractivity contribution in [1.82, 2.24) is 9.78 Å². The number of hydrogen-bond donors (Lipinski definition) is 0. The smallest absolute Gasteiger partial charge is 0.141 e. The van der Waals surface area contributed by atoms with Gasteiger partial charge in [0.25, 0.3) is 0 Å². The molecule has 0 unspecified atom stereocenters. The second kappa shape index (κ2) is 6.46. The van der Waals surface area contributed by atoms with Gasteiger partial charge in [0.15, 0.2) is 0 Å². The zero-order chi connectivity index (χ0) is 15.5. The van der Waals surface area contributed by atoms with Gasteiger partial charge >= 0.3 is 0 Å². The number of benzene rings is 2. The van der Waals surface area contributed by atoms with E-state index in [1.54, 1.807) is 10.9 Å². The first-order valence-corrected chi connectivity index (χ1v) is 7.92. The molecule has 0 spiro atoms. The van der Waals surface area contributed by atoms with Crippen LogP contribution >= 0.6 is 27.5 Å². The Bertz CT molecular complexity index is 825. The Hall–Kier alpha value is -1.91. The van der Waals surface area contributed by atoms with Crippen molar-refractivity contribution >= 4 is 39.4 Å². The highest BCUT2D eigenvalue weighted by Crippen LogP contribution is 2.23. The lowest BCUT2D eigenvalue weighted by molar-refractivity contribution is 0.863. The topological polar surface area (TPSA) is 30.2 Å². The van der Waals surface area contributed by atoms with Gasteiger partial charge in [-0.15, -0.1) is 0 Å². The van der Waals surface area contributed by atoms with Crippen LogP contribution in [-0.4, -0.2) is 16.0 Å². The van der Waals surface area contributed by atoms with Crippen LogP contribution < -0.4 is 0 Å². The second-order valence-electron chi connectivity index (χ2n) is 4.78. The highest BCUT2D eigenvalue weighted by molar-refractivity contribution is 9.10. The third-order valence-electron chi connectivity index (χ3n) is 3.20. The molecule has 0 saturated heterocycles. The lowest BCUT2D eigenvalue weighted by Gasteiger charge is -2.01. The summed E-state index contributed by atoms with van der Waals surface area (Å²) in [7, 11) is 0. The molecule has 0 aliphatic heterocycles. The predicted octanol–water partition coefficient (Wildman–Crippen LogP) is 5.35. The first-order valence-electron chi connectivity index (χ1n) is 6.75. The van der Waals surface area contributed by atoms with E-state index in [4.69, 9.17) is 11.6 Å². The summed E-state index contributed by atoms with van der Waals surface area (Å²) in [5.74, 6) is 0. The summed E-state index contributed by atoms with van der Waals surface area (Å²) in [6, 6.07) is 17.6. The molecule has 0 aliphatic rings. The van der Waals surface area contributed by atoms with E-state index in [1.165, 1.54) is 0 Å². The Labute approximate surface area is 142 Å². The molecular weight excluding hydrogens is 362 g/mol. The van der Waals surface area contributed by atoms with E-state index in [9.17, 15) is 0 Å². The van der Waals surface area contributed by atoms with Crippen LogP contribution in [0.3, 0.4) is 0 Å². The molecule has 0 saturated carbocycles. The number of aryl methyl sites for hydroxylation is 1. The maximum atomic E-state index is 6.46. The van der Waals surface area contributed by atoms with Crippen LogP contribution in [0.5, 0.6) is 0 Å². The minimum atomic E-state index is 0.558. The molecule has 3 aromatic rings. The van der Waals surface area contributed by atoms with Crippen molar-refractivity contribution in [3.63, 3.8) is 0 Å². The van der Waals surface area contributed by atoms with Crippen molar-refractivity contribution in [2.75, 3.05) is 0 Å². The third-order valence-corrected chi connectivity index (χ3v) is 4.06. The van der Waals surface area contributed by atoms with E-state index < -0.39 is 0 Å². The molecule has 0 fully saturated rings. The number of aliphatic imine (C=N–C) groups is 1. The Morgan fingerprint density at radius 1 is 1.14 bits per heavy atom. The van der Waals surface area contributed by atoms with E-state index in [-0.39, 0.29) is 0 Å². The zero-order valence-electron chi connectivity index (χ0n) is 11.9. The van der Waals surface area contributed by atoms with Crippen LogP contribution in [0.2, 0.25) is 5.15 Å². The fraction of sp³-hybridized carbons (Fsp3) is 0.0588. The summed E-state index contributed by atoms with van der Waals surface area (Å²) in [4.78, 5) is 4.47. The van der Waals surface area contributed by atoms with Crippen LogP contribution in [-0.2, 0) is 0 Å². The molecule has 0 N–H and O–H groups in total. The summed E-state index contributed by atoms with van der Waals surface area (Å²) in [6.07, 6.45) is 1.76. The van der Waals surface area contributed by atoms with Crippen molar-refractivity contribution in [2.24, 2.45) is 4.99 Å². The van der Waals surface area contributed by atoms with E-state index >= 15 is 0 Å². The van der Waals surface area contributed by atoms with E-state index in [1.807, 2.05) is 61.5 Å². The lowest BCUT2D eigenvalue weighted by Crippen LogP contribution is -1.95. The largest absolute Gasteiger partial charge is 0.256 e. The van der Waals surface area contributed by atoms with Gasteiger partial charge in [0, 0.05) is 10.7 Å². The lowest BCUT2D eigenvalue weighted by atomic mass is 10.3. The number of hydrogen-bond acceptors (Lipinski definition) is 2. The van der Waals surface area contributed by atoms with Crippen molar-refractivity contribution in [1.29, 1.82) is 0 Å². The number of rotatable bonds is 3.